The average molecular weight is 259 g/mol. The van der Waals surface area contributed by atoms with Crippen molar-refractivity contribution in [2.24, 2.45) is 7.05 Å². The molecule has 0 saturated carbocycles. The molecule has 0 amide bonds. The van der Waals surface area contributed by atoms with Gasteiger partial charge in [0.05, 0.1) is 6.61 Å². The quantitative estimate of drug-likeness (QED) is 0.737. The summed E-state index contributed by atoms with van der Waals surface area (Å²) in [5.74, 6) is 0.942. The molecule has 0 radical (unpaired) electrons. The molecule has 0 bridgehead atoms. The van der Waals surface area contributed by atoms with E-state index in [9.17, 15) is 0 Å². The fourth-order valence-electron chi connectivity index (χ4n) is 1.89. The smallest absolute Gasteiger partial charge is 0.119 e. The van der Waals surface area contributed by atoms with E-state index >= 15 is 0 Å². The van der Waals surface area contributed by atoms with Crippen LogP contribution in [0.4, 0.5) is 0 Å². The van der Waals surface area contributed by atoms with E-state index in [-0.39, 0.29) is 0 Å². The van der Waals surface area contributed by atoms with Crippen molar-refractivity contribution in [2.45, 2.75) is 12.8 Å². The maximum atomic E-state index is 5.62. The minimum absolute atomic E-state index is 0.753. The Bertz CT molecular complexity index is 467. The molecule has 0 fully saturated rings. The lowest BCUT2D eigenvalue weighted by Gasteiger charge is -2.07. The van der Waals surface area contributed by atoms with Crippen LogP contribution in [-0.4, -0.2) is 29.5 Å². The standard InChI is InChI=1S/C15H21N3O/c1-18-14(9-12-17-18)8-11-16-10-5-13-19-15-6-3-2-4-7-15/h2-4,6-7,9,12,16H,5,8,10-11,13H2,1H3. The van der Waals surface area contributed by atoms with Crippen LogP contribution in [-0.2, 0) is 13.5 Å². The third-order valence-electron chi connectivity index (χ3n) is 2.99. The summed E-state index contributed by atoms with van der Waals surface area (Å²) < 4.78 is 7.54. The lowest BCUT2D eigenvalue weighted by Crippen LogP contribution is -2.21. The molecule has 1 aromatic heterocycles. The number of para-hydroxylation sites is 1. The first-order chi connectivity index (χ1) is 9.36. The maximum Gasteiger partial charge on any atom is 0.119 e. The van der Waals surface area contributed by atoms with Crippen LogP contribution in [0.1, 0.15) is 12.1 Å². The molecule has 1 N–H and O–H groups in total. The van der Waals surface area contributed by atoms with Gasteiger partial charge in [0.1, 0.15) is 5.75 Å². The van der Waals surface area contributed by atoms with Crippen molar-refractivity contribution < 1.29 is 4.74 Å². The topological polar surface area (TPSA) is 39.1 Å². The lowest BCUT2D eigenvalue weighted by atomic mass is 10.3. The van der Waals surface area contributed by atoms with Gasteiger partial charge in [-0.05, 0) is 31.2 Å². The van der Waals surface area contributed by atoms with Crippen LogP contribution in [0.3, 0.4) is 0 Å². The summed E-state index contributed by atoms with van der Waals surface area (Å²) in [6.45, 7) is 2.71. The van der Waals surface area contributed by atoms with Gasteiger partial charge in [-0.2, -0.15) is 5.10 Å². The molecule has 0 atom stereocenters. The number of benzene rings is 1. The zero-order chi connectivity index (χ0) is 13.3. The number of rotatable bonds is 8. The van der Waals surface area contributed by atoms with Crippen molar-refractivity contribution in [1.29, 1.82) is 0 Å². The molecule has 1 heterocycles. The monoisotopic (exact) mass is 259 g/mol. The number of nitrogens with one attached hydrogen (secondary N) is 1. The van der Waals surface area contributed by atoms with Gasteiger partial charge in [0.2, 0.25) is 0 Å². The predicted molar refractivity (Wildman–Crippen MR) is 76.3 cm³/mol. The summed E-state index contributed by atoms with van der Waals surface area (Å²) in [7, 11) is 1.98. The Balaban J connectivity index is 1.50. The molecule has 19 heavy (non-hydrogen) atoms. The number of aryl methyl sites for hydroxylation is 1. The number of hydrogen-bond acceptors (Lipinski definition) is 3. The minimum Gasteiger partial charge on any atom is -0.494 e. The predicted octanol–water partition coefficient (Wildman–Crippen LogP) is 2.02. The van der Waals surface area contributed by atoms with Gasteiger partial charge in [0, 0.05) is 31.9 Å². The molecule has 4 heteroatoms. The lowest BCUT2D eigenvalue weighted by molar-refractivity contribution is 0.308. The van der Waals surface area contributed by atoms with Crippen LogP contribution in [0.2, 0.25) is 0 Å². The van der Waals surface area contributed by atoms with Crippen LogP contribution in [0.25, 0.3) is 0 Å². The van der Waals surface area contributed by atoms with E-state index in [1.54, 1.807) is 0 Å². The Kier molecular flexibility index (Phi) is 5.44. The molecular weight excluding hydrogens is 238 g/mol. The van der Waals surface area contributed by atoms with Crippen molar-refractivity contribution >= 4 is 0 Å². The van der Waals surface area contributed by atoms with E-state index in [1.807, 2.05) is 48.3 Å². The molecule has 0 aliphatic carbocycles. The van der Waals surface area contributed by atoms with E-state index in [0.717, 1.165) is 38.3 Å². The zero-order valence-electron chi connectivity index (χ0n) is 11.4. The van der Waals surface area contributed by atoms with Gasteiger partial charge in [-0.15, -0.1) is 0 Å². The second kappa shape index (κ2) is 7.59. The van der Waals surface area contributed by atoms with Crippen LogP contribution >= 0.6 is 0 Å². The highest BCUT2D eigenvalue weighted by Crippen LogP contribution is 2.07. The van der Waals surface area contributed by atoms with Gasteiger partial charge in [-0.25, -0.2) is 0 Å². The van der Waals surface area contributed by atoms with E-state index < -0.39 is 0 Å². The van der Waals surface area contributed by atoms with Crippen molar-refractivity contribution in [1.82, 2.24) is 15.1 Å². The Labute approximate surface area is 114 Å². The van der Waals surface area contributed by atoms with E-state index in [1.165, 1.54) is 5.69 Å². The molecule has 0 saturated heterocycles. The van der Waals surface area contributed by atoms with Gasteiger partial charge >= 0.3 is 0 Å². The van der Waals surface area contributed by atoms with Crippen LogP contribution < -0.4 is 10.1 Å². The second-order valence-corrected chi connectivity index (χ2v) is 4.46. The van der Waals surface area contributed by atoms with Gasteiger partial charge in [-0.1, -0.05) is 18.2 Å². The van der Waals surface area contributed by atoms with E-state index in [0.29, 0.717) is 0 Å². The molecule has 0 aliphatic rings. The first-order valence-corrected chi connectivity index (χ1v) is 6.72. The molecule has 0 spiro atoms. The van der Waals surface area contributed by atoms with Crippen LogP contribution in [0, 0.1) is 0 Å². The highest BCUT2D eigenvalue weighted by atomic mass is 16.5. The number of ether oxygens (including phenoxy) is 1. The summed E-state index contributed by atoms with van der Waals surface area (Å²) in [4.78, 5) is 0. The fourth-order valence-corrected chi connectivity index (χ4v) is 1.89. The molecule has 2 aromatic rings. The molecule has 2 rings (SSSR count). The van der Waals surface area contributed by atoms with Crippen LogP contribution in [0.5, 0.6) is 5.75 Å². The first kappa shape index (κ1) is 13.6. The van der Waals surface area contributed by atoms with Gasteiger partial charge in [0.15, 0.2) is 0 Å². The second-order valence-electron chi connectivity index (χ2n) is 4.46. The molecular formula is C15H21N3O. The third kappa shape index (κ3) is 4.75. The highest BCUT2D eigenvalue weighted by molar-refractivity contribution is 5.20. The van der Waals surface area contributed by atoms with Crippen molar-refractivity contribution in [3.05, 3.63) is 48.3 Å². The largest absolute Gasteiger partial charge is 0.494 e. The summed E-state index contributed by atoms with van der Waals surface area (Å²) >= 11 is 0. The van der Waals surface area contributed by atoms with Gasteiger partial charge < -0.3 is 10.1 Å². The number of aromatic nitrogens is 2. The fraction of sp³-hybridized carbons (Fsp3) is 0.400. The van der Waals surface area contributed by atoms with Gasteiger partial charge in [0.25, 0.3) is 0 Å². The number of nitrogens with zero attached hydrogens (tertiary/aromatic N) is 2. The maximum absolute atomic E-state index is 5.62. The Hall–Kier alpha value is -1.81. The Morgan fingerprint density at radius 2 is 2.00 bits per heavy atom. The third-order valence-corrected chi connectivity index (χ3v) is 2.99. The molecule has 4 nitrogen and oxygen atoms in total. The van der Waals surface area contributed by atoms with Crippen molar-refractivity contribution in [3.63, 3.8) is 0 Å². The summed E-state index contributed by atoms with van der Waals surface area (Å²) in [5, 5.41) is 7.56. The van der Waals surface area contributed by atoms with Crippen molar-refractivity contribution in [3.8, 4) is 5.75 Å². The minimum atomic E-state index is 0.753. The normalized spacial score (nSPS) is 10.6. The highest BCUT2D eigenvalue weighted by Gasteiger charge is 1.97. The summed E-state index contributed by atoms with van der Waals surface area (Å²) in [6, 6.07) is 12.0. The summed E-state index contributed by atoms with van der Waals surface area (Å²) in [6.07, 6.45) is 3.86. The zero-order valence-corrected chi connectivity index (χ0v) is 11.4. The SMILES string of the molecule is Cn1nccc1CCNCCCOc1ccccc1. The van der Waals surface area contributed by atoms with E-state index in [2.05, 4.69) is 16.5 Å². The van der Waals surface area contributed by atoms with Crippen LogP contribution in [0.15, 0.2) is 42.6 Å². The number of hydrogen-bond donors (Lipinski definition) is 1. The molecule has 102 valence electrons. The first-order valence-electron chi connectivity index (χ1n) is 6.72. The molecule has 0 unspecified atom stereocenters. The molecule has 1 aromatic carbocycles. The van der Waals surface area contributed by atoms with Crippen molar-refractivity contribution in [2.75, 3.05) is 19.7 Å². The average Bonchev–Trinajstić information content (AvgIpc) is 2.84. The Morgan fingerprint density at radius 3 is 2.74 bits per heavy atom. The molecule has 0 aliphatic heterocycles. The van der Waals surface area contributed by atoms with Gasteiger partial charge in [-0.3, -0.25) is 4.68 Å². The van der Waals surface area contributed by atoms with E-state index in [4.69, 9.17) is 4.74 Å². The summed E-state index contributed by atoms with van der Waals surface area (Å²) in [5.41, 5.74) is 1.26. The Morgan fingerprint density at radius 1 is 1.16 bits per heavy atom.